The number of aryl methyl sites for hydroxylation is 1. The number of aromatic nitrogens is 2. The van der Waals surface area contributed by atoms with Gasteiger partial charge in [-0.3, -0.25) is 0 Å². The van der Waals surface area contributed by atoms with Crippen LogP contribution in [0.15, 0.2) is 47.1 Å². The third kappa shape index (κ3) is 3.50. The Kier molecular flexibility index (Phi) is 4.83. The standard InChI is InChI=1S/C27H26FN3O3/c1-16-4-2-3-5-20(16)23-22(24(34-30-23)17-6-7-17)19-13-27(14-19)8-10-31(11-9-27)25-21(28)12-18(15-29-25)26(32)33/h2-5,12-13,15,17H,6-11,14H2,1H3,(H,32,33). The number of carboxylic acids is 1. The Morgan fingerprint density at radius 2 is 1.97 bits per heavy atom. The van der Waals surface area contributed by atoms with Crippen LogP contribution in [0.5, 0.6) is 0 Å². The lowest BCUT2D eigenvalue weighted by molar-refractivity contribution is 0.0696. The summed E-state index contributed by atoms with van der Waals surface area (Å²) in [5.74, 6) is -0.0154. The molecule has 3 aromatic rings. The van der Waals surface area contributed by atoms with Gasteiger partial charge in [-0.1, -0.05) is 35.5 Å². The number of halogens is 1. The number of hydrogen-bond donors (Lipinski definition) is 1. The van der Waals surface area contributed by atoms with Crippen LogP contribution < -0.4 is 4.90 Å². The van der Waals surface area contributed by atoms with E-state index in [-0.39, 0.29) is 16.8 Å². The van der Waals surface area contributed by atoms with Gasteiger partial charge in [0.2, 0.25) is 0 Å². The summed E-state index contributed by atoms with van der Waals surface area (Å²) in [6.45, 7) is 3.47. The zero-order valence-corrected chi connectivity index (χ0v) is 19.1. The molecule has 0 atom stereocenters. The minimum Gasteiger partial charge on any atom is -0.478 e. The van der Waals surface area contributed by atoms with Gasteiger partial charge < -0.3 is 14.5 Å². The summed E-state index contributed by atoms with van der Waals surface area (Å²) in [4.78, 5) is 17.1. The number of benzene rings is 1. The molecule has 0 bridgehead atoms. The van der Waals surface area contributed by atoms with Gasteiger partial charge in [0.05, 0.1) is 5.56 Å². The van der Waals surface area contributed by atoms with E-state index in [2.05, 4.69) is 35.3 Å². The van der Waals surface area contributed by atoms with E-state index in [4.69, 9.17) is 9.63 Å². The van der Waals surface area contributed by atoms with Crippen molar-refractivity contribution in [2.45, 2.75) is 44.9 Å². The van der Waals surface area contributed by atoms with E-state index in [0.29, 0.717) is 19.0 Å². The summed E-state index contributed by atoms with van der Waals surface area (Å²) in [5, 5.41) is 13.6. The highest BCUT2D eigenvalue weighted by Gasteiger charge is 2.44. The van der Waals surface area contributed by atoms with Crippen molar-refractivity contribution in [1.82, 2.24) is 10.1 Å². The molecule has 1 N–H and O–H groups in total. The number of aromatic carboxylic acids is 1. The summed E-state index contributed by atoms with van der Waals surface area (Å²) >= 11 is 0. The second kappa shape index (κ2) is 7.79. The van der Waals surface area contributed by atoms with Gasteiger partial charge in [0.25, 0.3) is 0 Å². The van der Waals surface area contributed by atoms with Crippen LogP contribution >= 0.6 is 0 Å². The fourth-order valence-corrected chi connectivity index (χ4v) is 5.41. The number of nitrogens with zero attached hydrogens (tertiary/aromatic N) is 3. The van der Waals surface area contributed by atoms with E-state index in [0.717, 1.165) is 55.2 Å². The smallest absolute Gasteiger partial charge is 0.337 e. The number of anilines is 1. The number of pyridine rings is 1. The van der Waals surface area contributed by atoms with Crippen LogP contribution in [-0.2, 0) is 0 Å². The Morgan fingerprint density at radius 3 is 2.62 bits per heavy atom. The normalized spacial score (nSPS) is 19.1. The minimum absolute atomic E-state index is 0.102. The fourth-order valence-electron chi connectivity index (χ4n) is 5.41. The predicted octanol–water partition coefficient (Wildman–Crippen LogP) is 5.83. The van der Waals surface area contributed by atoms with Crippen molar-refractivity contribution in [3.05, 3.63) is 70.9 Å². The summed E-state index contributed by atoms with van der Waals surface area (Å²) in [6.07, 6.45) is 8.70. The fraction of sp³-hybridized carbons (Fsp3) is 0.370. The first-order valence-electron chi connectivity index (χ1n) is 11.9. The van der Waals surface area contributed by atoms with E-state index in [1.54, 1.807) is 0 Å². The molecular weight excluding hydrogens is 433 g/mol. The lowest BCUT2D eigenvalue weighted by atomic mass is 9.63. The van der Waals surface area contributed by atoms with Crippen molar-refractivity contribution >= 4 is 17.4 Å². The number of carboxylic acid groups (broad SMARTS) is 1. The lowest BCUT2D eigenvalue weighted by Gasteiger charge is -2.46. The van der Waals surface area contributed by atoms with Crippen molar-refractivity contribution in [3.8, 4) is 11.3 Å². The molecule has 0 radical (unpaired) electrons. The van der Waals surface area contributed by atoms with Gasteiger partial charge in [0.1, 0.15) is 11.5 Å². The molecule has 1 saturated heterocycles. The first-order valence-corrected chi connectivity index (χ1v) is 11.9. The molecule has 7 heteroatoms. The average Bonchev–Trinajstić information content (AvgIpc) is 3.57. The van der Waals surface area contributed by atoms with Gasteiger partial charge in [-0.15, -0.1) is 0 Å². The third-order valence-electron chi connectivity index (χ3n) is 7.54. The Balaban J connectivity index is 1.24. The molecule has 2 fully saturated rings. The monoisotopic (exact) mass is 459 g/mol. The van der Waals surface area contributed by atoms with Crippen LogP contribution in [0.25, 0.3) is 16.8 Å². The Bertz CT molecular complexity index is 1320. The van der Waals surface area contributed by atoms with Crippen LogP contribution in [0, 0.1) is 18.2 Å². The van der Waals surface area contributed by atoms with Crippen molar-refractivity contribution in [3.63, 3.8) is 0 Å². The molecule has 34 heavy (non-hydrogen) atoms. The van der Waals surface area contributed by atoms with Crippen molar-refractivity contribution in [1.29, 1.82) is 0 Å². The molecule has 1 saturated carbocycles. The summed E-state index contributed by atoms with van der Waals surface area (Å²) in [7, 11) is 0. The van der Waals surface area contributed by atoms with Gasteiger partial charge in [-0.2, -0.15) is 0 Å². The van der Waals surface area contributed by atoms with E-state index in [1.165, 1.54) is 22.9 Å². The van der Waals surface area contributed by atoms with Gasteiger partial charge in [0.15, 0.2) is 11.6 Å². The molecule has 1 spiro atoms. The predicted molar refractivity (Wildman–Crippen MR) is 126 cm³/mol. The number of carbonyl (C=O) groups is 1. The van der Waals surface area contributed by atoms with Crippen LogP contribution in [0.4, 0.5) is 10.2 Å². The molecule has 0 unspecified atom stereocenters. The number of hydrogen-bond acceptors (Lipinski definition) is 5. The molecule has 2 aliphatic carbocycles. The molecule has 1 aromatic carbocycles. The van der Waals surface area contributed by atoms with Crippen molar-refractivity contribution < 1.29 is 18.8 Å². The van der Waals surface area contributed by atoms with Crippen LogP contribution in [0.3, 0.4) is 0 Å². The summed E-state index contributed by atoms with van der Waals surface area (Å²) < 4.78 is 20.4. The van der Waals surface area contributed by atoms with E-state index in [1.807, 2.05) is 17.0 Å². The summed E-state index contributed by atoms with van der Waals surface area (Å²) in [5.41, 5.74) is 5.72. The SMILES string of the molecule is Cc1ccccc1-c1noc(C2CC2)c1C1=CC2(CCN(c3ncc(C(=O)O)cc3F)CC2)C1. The van der Waals surface area contributed by atoms with Crippen molar-refractivity contribution in [2.75, 3.05) is 18.0 Å². The second-order valence-corrected chi connectivity index (χ2v) is 9.89. The largest absolute Gasteiger partial charge is 0.478 e. The van der Waals surface area contributed by atoms with Gasteiger partial charge in [0, 0.05) is 36.3 Å². The number of allylic oxidation sites excluding steroid dienone is 2. The highest BCUT2D eigenvalue weighted by molar-refractivity contribution is 5.87. The quantitative estimate of drug-likeness (QED) is 0.517. The van der Waals surface area contributed by atoms with Crippen LogP contribution in [-0.4, -0.2) is 34.3 Å². The Morgan fingerprint density at radius 1 is 1.24 bits per heavy atom. The average molecular weight is 460 g/mol. The van der Waals surface area contributed by atoms with Crippen molar-refractivity contribution in [2.24, 2.45) is 5.41 Å². The van der Waals surface area contributed by atoms with Gasteiger partial charge in [-0.25, -0.2) is 14.2 Å². The highest BCUT2D eigenvalue weighted by Crippen LogP contribution is 2.55. The third-order valence-corrected chi connectivity index (χ3v) is 7.54. The molecular formula is C27H26FN3O3. The zero-order valence-electron chi connectivity index (χ0n) is 19.1. The first-order chi connectivity index (χ1) is 16.4. The number of piperidine rings is 1. The summed E-state index contributed by atoms with van der Waals surface area (Å²) in [6, 6.07) is 9.35. The molecule has 0 amide bonds. The molecule has 1 aliphatic heterocycles. The van der Waals surface area contributed by atoms with Crippen LogP contribution in [0.1, 0.15) is 65.3 Å². The maximum absolute atomic E-state index is 14.5. The molecule has 3 heterocycles. The molecule has 6 rings (SSSR count). The minimum atomic E-state index is -1.17. The zero-order chi connectivity index (χ0) is 23.4. The van der Waals surface area contributed by atoms with E-state index >= 15 is 0 Å². The molecule has 2 aromatic heterocycles. The lowest BCUT2D eigenvalue weighted by Crippen LogP contribution is -2.43. The second-order valence-electron chi connectivity index (χ2n) is 9.89. The maximum Gasteiger partial charge on any atom is 0.337 e. The Hall–Kier alpha value is -3.48. The number of rotatable bonds is 5. The maximum atomic E-state index is 14.5. The van der Waals surface area contributed by atoms with Crippen LogP contribution in [0.2, 0.25) is 0 Å². The van der Waals surface area contributed by atoms with E-state index in [9.17, 15) is 9.18 Å². The van der Waals surface area contributed by atoms with Gasteiger partial charge >= 0.3 is 5.97 Å². The Labute approximate surface area is 197 Å². The molecule has 3 aliphatic rings. The highest BCUT2D eigenvalue weighted by atomic mass is 19.1. The van der Waals surface area contributed by atoms with E-state index < -0.39 is 11.8 Å². The molecule has 6 nitrogen and oxygen atoms in total. The topological polar surface area (TPSA) is 79.5 Å². The first kappa shape index (κ1) is 21.1. The van der Waals surface area contributed by atoms with Gasteiger partial charge in [-0.05, 0) is 61.6 Å². The molecule has 174 valence electrons.